The van der Waals surface area contributed by atoms with Crippen LogP contribution in [0.4, 0.5) is 10.5 Å². The number of urea groups is 1. The van der Waals surface area contributed by atoms with Crippen molar-refractivity contribution >= 4 is 29.4 Å². The molecule has 1 N–H and O–H groups in total. The number of carbonyl (C=O) groups excluding carboxylic acids is 4. The van der Waals surface area contributed by atoms with Gasteiger partial charge in [-0.25, -0.2) is 9.69 Å². The quantitative estimate of drug-likeness (QED) is 0.637. The minimum Gasteiger partial charge on any atom is -0.324 e. The van der Waals surface area contributed by atoms with Crippen molar-refractivity contribution in [2.75, 3.05) is 18.4 Å². The first kappa shape index (κ1) is 17.7. The van der Waals surface area contributed by atoms with Crippen LogP contribution in [-0.2, 0) is 14.4 Å². The monoisotopic (exact) mass is 331 g/mol. The van der Waals surface area contributed by atoms with E-state index in [1.165, 1.54) is 0 Å². The minimum atomic E-state index is -0.966. The van der Waals surface area contributed by atoms with Crippen molar-refractivity contribution in [2.45, 2.75) is 33.1 Å². The van der Waals surface area contributed by atoms with Crippen LogP contribution in [0.5, 0.6) is 0 Å². The van der Waals surface area contributed by atoms with Gasteiger partial charge in [0, 0.05) is 12.2 Å². The lowest BCUT2D eigenvalue weighted by atomic mass is 9.97. The topological polar surface area (TPSA) is 86.8 Å². The number of rotatable bonds is 6. The van der Waals surface area contributed by atoms with E-state index < -0.39 is 30.3 Å². The molecule has 1 aliphatic rings. The van der Waals surface area contributed by atoms with E-state index in [1.807, 2.05) is 12.1 Å². The van der Waals surface area contributed by atoms with Crippen molar-refractivity contribution in [2.24, 2.45) is 0 Å². The molecule has 0 saturated carbocycles. The van der Waals surface area contributed by atoms with Crippen LogP contribution in [0.3, 0.4) is 0 Å². The lowest BCUT2D eigenvalue weighted by molar-refractivity contribution is -0.143. The van der Waals surface area contributed by atoms with Crippen LogP contribution in [0.2, 0.25) is 0 Å². The normalized spacial score (nSPS) is 15.9. The van der Waals surface area contributed by atoms with Crippen LogP contribution in [0.1, 0.15) is 38.7 Å². The van der Waals surface area contributed by atoms with Crippen LogP contribution >= 0.6 is 0 Å². The second-order valence-electron chi connectivity index (χ2n) is 5.67. The number of anilines is 1. The maximum atomic E-state index is 12.2. The predicted octanol–water partition coefficient (Wildman–Crippen LogP) is 1.95. The number of amides is 5. The van der Waals surface area contributed by atoms with Crippen LogP contribution in [0.15, 0.2) is 24.3 Å². The number of carbonyl (C=O) groups is 4. The molecule has 0 aliphatic carbocycles. The number of imide groups is 2. The van der Waals surface area contributed by atoms with E-state index in [0.29, 0.717) is 10.6 Å². The van der Waals surface area contributed by atoms with E-state index in [9.17, 15) is 19.2 Å². The molecule has 1 aromatic carbocycles. The fraction of sp³-hybridized carbons (Fsp3) is 0.412. The molecule has 7 nitrogen and oxygen atoms in total. The molecule has 1 aliphatic heterocycles. The highest BCUT2D eigenvalue weighted by Gasteiger charge is 2.44. The van der Waals surface area contributed by atoms with Crippen molar-refractivity contribution < 1.29 is 19.2 Å². The summed E-state index contributed by atoms with van der Waals surface area (Å²) in [5.74, 6) is -2.12. The first-order chi connectivity index (χ1) is 11.4. The summed E-state index contributed by atoms with van der Waals surface area (Å²) >= 11 is 0. The largest absolute Gasteiger partial charge is 0.334 e. The van der Waals surface area contributed by atoms with Gasteiger partial charge in [0.15, 0.2) is 0 Å². The first-order valence-electron chi connectivity index (χ1n) is 7.96. The van der Waals surface area contributed by atoms with Gasteiger partial charge in [-0.05, 0) is 30.9 Å². The van der Waals surface area contributed by atoms with E-state index in [4.69, 9.17) is 0 Å². The highest BCUT2D eigenvalue weighted by molar-refractivity contribution is 6.45. The van der Waals surface area contributed by atoms with E-state index >= 15 is 0 Å². The van der Waals surface area contributed by atoms with Crippen LogP contribution in [0, 0.1) is 0 Å². The van der Waals surface area contributed by atoms with Gasteiger partial charge in [-0.3, -0.25) is 19.3 Å². The molecule has 0 unspecified atom stereocenters. The molecule has 0 radical (unpaired) electrons. The molecule has 1 fully saturated rings. The third-order valence-electron chi connectivity index (χ3n) is 4.13. The highest BCUT2D eigenvalue weighted by Crippen LogP contribution is 2.26. The Morgan fingerprint density at radius 1 is 1.08 bits per heavy atom. The maximum absolute atomic E-state index is 12.2. The fourth-order valence-electron chi connectivity index (χ4n) is 2.56. The number of hydrogen-bond donors (Lipinski definition) is 1. The minimum absolute atomic E-state index is 0.0956. The average Bonchev–Trinajstić information content (AvgIpc) is 2.77. The lowest BCUT2D eigenvalue weighted by Crippen LogP contribution is -2.39. The molecule has 128 valence electrons. The zero-order valence-corrected chi connectivity index (χ0v) is 14.0. The Morgan fingerprint density at radius 3 is 2.29 bits per heavy atom. The summed E-state index contributed by atoms with van der Waals surface area (Å²) in [6.45, 7) is 5.31. The molecule has 1 heterocycles. The van der Waals surface area contributed by atoms with Crippen LogP contribution in [-0.4, -0.2) is 46.6 Å². The van der Waals surface area contributed by atoms with E-state index in [2.05, 4.69) is 19.2 Å². The van der Waals surface area contributed by atoms with Gasteiger partial charge in [-0.1, -0.05) is 32.0 Å². The summed E-state index contributed by atoms with van der Waals surface area (Å²) in [5.41, 5.74) is 1.63. The van der Waals surface area contributed by atoms with Gasteiger partial charge < -0.3 is 5.32 Å². The molecule has 0 spiro atoms. The third kappa shape index (κ3) is 3.29. The second-order valence-corrected chi connectivity index (χ2v) is 5.67. The van der Waals surface area contributed by atoms with E-state index in [0.717, 1.165) is 16.9 Å². The molecule has 7 heteroatoms. The summed E-state index contributed by atoms with van der Waals surface area (Å²) in [4.78, 5) is 49.2. The van der Waals surface area contributed by atoms with Crippen molar-refractivity contribution in [3.63, 3.8) is 0 Å². The summed E-state index contributed by atoms with van der Waals surface area (Å²) in [6, 6.07) is 6.64. The first-order valence-corrected chi connectivity index (χ1v) is 7.96. The molecular formula is C17H21N3O4. The van der Waals surface area contributed by atoms with Gasteiger partial charge in [0.25, 0.3) is 0 Å². The van der Waals surface area contributed by atoms with Gasteiger partial charge in [0.1, 0.15) is 6.54 Å². The number of likely N-dealkylation sites (N-methyl/N-ethyl adjacent to an activating group) is 1. The second kappa shape index (κ2) is 7.25. The zero-order chi connectivity index (χ0) is 17.9. The molecule has 24 heavy (non-hydrogen) atoms. The van der Waals surface area contributed by atoms with Crippen molar-refractivity contribution in [3.8, 4) is 0 Å². The highest BCUT2D eigenvalue weighted by atomic mass is 16.2. The molecule has 2 rings (SSSR count). The van der Waals surface area contributed by atoms with Crippen molar-refractivity contribution in [1.82, 2.24) is 9.80 Å². The number of hydrogen-bond acceptors (Lipinski definition) is 4. The number of para-hydroxylation sites is 1. The predicted molar refractivity (Wildman–Crippen MR) is 88.3 cm³/mol. The molecular weight excluding hydrogens is 310 g/mol. The molecule has 5 amide bonds. The van der Waals surface area contributed by atoms with Gasteiger partial charge in [-0.15, -0.1) is 0 Å². The smallest absolute Gasteiger partial charge is 0.324 e. The Bertz CT molecular complexity index is 686. The Kier molecular flexibility index (Phi) is 5.33. The third-order valence-corrected chi connectivity index (χ3v) is 4.13. The van der Waals surface area contributed by atoms with Gasteiger partial charge >= 0.3 is 17.8 Å². The van der Waals surface area contributed by atoms with Crippen molar-refractivity contribution in [3.05, 3.63) is 29.8 Å². The van der Waals surface area contributed by atoms with Crippen LogP contribution in [0.25, 0.3) is 0 Å². The molecule has 1 aromatic rings. The SMILES string of the molecule is CC[C@H](C)c1ccccc1NC(=O)CN1C(=O)C(=O)N(CC)C1=O. The van der Waals surface area contributed by atoms with Crippen molar-refractivity contribution in [1.29, 1.82) is 0 Å². The molecule has 0 bridgehead atoms. The number of benzene rings is 1. The van der Waals surface area contributed by atoms with E-state index in [1.54, 1.807) is 19.1 Å². The Balaban J connectivity index is 2.11. The number of nitrogens with zero attached hydrogens (tertiary/aromatic N) is 2. The molecule has 1 atom stereocenters. The lowest BCUT2D eigenvalue weighted by Gasteiger charge is -2.17. The van der Waals surface area contributed by atoms with Gasteiger partial charge in [-0.2, -0.15) is 0 Å². The van der Waals surface area contributed by atoms with Gasteiger partial charge in [0.05, 0.1) is 0 Å². The Hall–Kier alpha value is -2.70. The summed E-state index contributed by atoms with van der Waals surface area (Å²) in [5, 5.41) is 2.73. The average molecular weight is 331 g/mol. The fourth-order valence-corrected chi connectivity index (χ4v) is 2.56. The zero-order valence-electron chi connectivity index (χ0n) is 14.0. The molecule has 0 aromatic heterocycles. The standard InChI is InChI=1S/C17H21N3O4/c1-4-11(3)12-8-6-7-9-13(12)18-14(21)10-20-16(23)15(22)19(5-2)17(20)24/h6-9,11H,4-5,10H2,1-3H3,(H,18,21)/t11-/m0/s1. The Morgan fingerprint density at radius 2 is 1.71 bits per heavy atom. The number of nitrogens with one attached hydrogen (secondary N) is 1. The van der Waals surface area contributed by atoms with E-state index in [-0.39, 0.29) is 12.5 Å². The Labute approximate surface area is 140 Å². The maximum Gasteiger partial charge on any atom is 0.334 e. The molecule has 1 saturated heterocycles. The van der Waals surface area contributed by atoms with Gasteiger partial charge in [0.2, 0.25) is 5.91 Å². The summed E-state index contributed by atoms with van der Waals surface area (Å²) in [6.07, 6.45) is 0.913. The van der Waals surface area contributed by atoms with Crippen LogP contribution < -0.4 is 5.32 Å². The summed E-state index contributed by atoms with van der Waals surface area (Å²) in [7, 11) is 0. The summed E-state index contributed by atoms with van der Waals surface area (Å²) < 4.78 is 0.